The number of thiophene rings is 2. The minimum atomic E-state index is -0.329. The van der Waals surface area contributed by atoms with Gasteiger partial charge in [-0.05, 0) is 21.5 Å². The lowest BCUT2D eigenvalue weighted by Crippen LogP contribution is -2.19. The molecule has 0 aromatic carbocycles. The van der Waals surface area contributed by atoms with Gasteiger partial charge in [-0.15, -0.1) is 0 Å². The highest BCUT2D eigenvalue weighted by atomic mass is 32.1. The Balaban J connectivity index is 0.000000130. The van der Waals surface area contributed by atoms with Crippen molar-refractivity contribution in [1.29, 1.82) is 0 Å². The summed E-state index contributed by atoms with van der Waals surface area (Å²) >= 11 is 3.43. The molecule has 1 aliphatic heterocycles. The van der Waals surface area contributed by atoms with Crippen LogP contribution in [0.3, 0.4) is 0 Å². The first-order valence-electron chi connectivity index (χ1n) is 4.76. The zero-order valence-electron chi connectivity index (χ0n) is 8.91. The van der Waals surface area contributed by atoms with Gasteiger partial charge >= 0.3 is 0 Å². The Bertz CT molecular complexity index is 370. The summed E-state index contributed by atoms with van der Waals surface area (Å²) in [6.45, 7) is 0. The summed E-state index contributed by atoms with van der Waals surface area (Å²) in [6, 6.07) is 8.07. The number of carbonyl (C=O) groups excluding carboxylic acids is 2. The van der Waals surface area contributed by atoms with Gasteiger partial charge in [-0.25, -0.2) is 0 Å². The molecule has 5 heteroatoms. The van der Waals surface area contributed by atoms with Crippen LogP contribution >= 0.6 is 22.7 Å². The van der Waals surface area contributed by atoms with Gasteiger partial charge in [0.05, 0.1) is 0 Å². The smallest absolute Gasteiger partial charge is 0.250 e. The first-order chi connectivity index (χ1) is 8.29. The van der Waals surface area contributed by atoms with Gasteiger partial charge in [0.15, 0.2) is 0 Å². The molecule has 2 aromatic rings. The molecule has 2 aromatic heterocycles. The van der Waals surface area contributed by atoms with Crippen LogP contribution < -0.4 is 5.32 Å². The van der Waals surface area contributed by atoms with E-state index in [0.29, 0.717) is 0 Å². The van der Waals surface area contributed by atoms with E-state index >= 15 is 0 Å². The molecule has 3 heterocycles. The molecule has 17 heavy (non-hydrogen) atoms. The van der Waals surface area contributed by atoms with Crippen LogP contribution in [0.2, 0.25) is 0 Å². The van der Waals surface area contributed by atoms with E-state index in [1.807, 2.05) is 51.1 Å². The van der Waals surface area contributed by atoms with Crippen molar-refractivity contribution in [2.75, 3.05) is 0 Å². The molecule has 0 atom stereocenters. The van der Waals surface area contributed by atoms with Crippen molar-refractivity contribution in [2.45, 2.75) is 0 Å². The SMILES string of the molecule is O=C1C=CC(=O)N1.c1ccsc1.c1ccsc1. The van der Waals surface area contributed by atoms with Gasteiger partial charge in [-0.2, -0.15) is 22.7 Å². The van der Waals surface area contributed by atoms with Crippen LogP contribution in [0, 0.1) is 0 Å². The average molecular weight is 265 g/mol. The van der Waals surface area contributed by atoms with Crippen LogP contribution in [0.5, 0.6) is 0 Å². The number of hydrogen-bond acceptors (Lipinski definition) is 4. The van der Waals surface area contributed by atoms with Crippen LogP contribution in [-0.4, -0.2) is 11.8 Å². The van der Waals surface area contributed by atoms with Gasteiger partial charge in [-0.3, -0.25) is 14.9 Å². The Hall–Kier alpha value is -1.72. The van der Waals surface area contributed by atoms with E-state index in [9.17, 15) is 9.59 Å². The van der Waals surface area contributed by atoms with Crippen molar-refractivity contribution in [3.63, 3.8) is 0 Å². The van der Waals surface area contributed by atoms with E-state index in [-0.39, 0.29) is 11.8 Å². The molecule has 0 fully saturated rings. The van der Waals surface area contributed by atoms with E-state index in [0.717, 1.165) is 0 Å². The molecule has 0 saturated carbocycles. The Kier molecular flexibility index (Phi) is 6.62. The van der Waals surface area contributed by atoms with Crippen LogP contribution in [0.15, 0.2) is 57.9 Å². The largest absolute Gasteiger partial charge is 0.289 e. The fourth-order valence-electron chi connectivity index (χ4n) is 0.810. The summed E-state index contributed by atoms with van der Waals surface area (Å²) in [5.74, 6) is -0.657. The number of carbonyl (C=O) groups is 2. The first kappa shape index (κ1) is 13.3. The van der Waals surface area contributed by atoms with Crippen LogP contribution in [0.4, 0.5) is 0 Å². The number of rotatable bonds is 0. The average Bonchev–Trinajstić information content (AvgIpc) is 3.03. The van der Waals surface area contributed by atoms with E-state index in [4.69, 9.17) is 0 Å². The van der Waals surface area contributed by atoms with Crippen molar-refractivity contribution in [3.05, 3.63) is 57.9 Å². The second-order valence-electron chi connectivity index (χ2n) is 2.77. The lowest BCUT2D eigenvalue weighted by atomic mass is 10.6. The van der Waals surface area contributed by atoms with Crippen molar-refractivity contribution >= 4 is 34.5 Å². The van der Waals surface area contributed by atoms with E-state index in [2.05, 4.69) is 0 Å². The highest BCUT2D eigenvalue weighted by Gasteiger charge is 2.06. The van der Waals surface area contributed by atoms with Crippen molar-refractivity contribution in [1.82, 2.24) is 5.32 Å². The molecule has 1 N–H and O–H groups in total. The Morgan fingerprint density at radius 3 is 1.18 bits per heavy atom. The van der Waals surface area contributed by atoms with Gasteiger partial charge in [0.1, 0.15) is 0 Å². The fraction of sp³-hybridized carbons (Fsp3) is 0. The topological polar surface area (TPSA) is 46.2 Å². The van der Waals surface area contributed by atoms with Gasteiger partial charge in [-0.1, -0.05) is 24.3 Å². The number of nitrogens with one attached hydrogen (secondary N) is 1. The first-order valence-corrected chi connectivity index (χ1v) is 6.65. The third-order valence-corrected chi connectivity index (χ3v) is 2.74. The highest BCUT2D eigenvalue weighted by Crippen LogP contribution is 1.92. The molecular formula is C12H11NO2S2. The van der Waals surface area contributed by atoms with Crippen LogP contribution in [0.1, 0.15) is 0 Å². The zero-order chi connectivity index (χ0) is 12.3. The number of hydrogen-bond donors (Lipinski definition) is 1. The monoisotopic (exact) mass is 265 g/mol. The molecule has 0 saturated heterocycles. The van der Waals surface area contributed by atoms with Crippen molar-refractivity contribution in [3.8, 4) is 0 Å². The predicted molar refractivity (Wildman–Crippen MR) is 70.9 cm³/mol. The molecule has 0 spiro atoms. The normalized spacial score (nSPS) is 12.0. The molecule has 0 aliphatic carbocycles. The van der Waals surface area contributed by atoms with E-state index in [1.54, 1.807) is 22.7 Å². The summed E-state index contributed by atoms with van der Waals surface area (Å²) in [6.07, 6.45) is 2.39. The molecule has 0 unspecified atom stereocenters. The summed E-state index contributed by atoms with van der Waals surface area (Å²) < 4.78 is 0. The minimum Gasteiger partial charge on any atom is -0.289 e. The molecule has 3 nitrogen and oxygen atoms in total. The minimum absolute atomic E-state index is 0.329. The van der Waals surface area contributed by atoms with Gasteiger partial charge in [0.25, 0.3) is 11.8 Å². The summed E-state index contributed by atoms with van der Waals surface area (Å²) in [5, 5.41) is 10.2. The summed E-state index contributed by atoms with van der Waals surface area (Å²) in [5.41, 5.74) is 0. The standard InChI is InChI=1S/C4H3NO2.2C4H4S/c6-3-1-2-4(7)5-3;2*1-2-4-5-3-1/h1-2H,(H,5,6,7);2*1-4H. The third-order valence-electron chi connectivity index (χ3n) is 1.48. The molecule has 1 aliphatic rings. The number of amides is 2. The van der Waals surface area contributed by atoms with Crippen molar-refractivity contribution < 1.29 is 9.59 Å². The maximum absolute atomic E-state index is 10.0. The summed E-state index contributed by atoms with van der Waals surface area (Å²) in [4.78, 5) is 20.1. The van der Waals surface area contributed by atoms with Crippen molar-refractivity contribution in [2.24, 2.45) is 0 Å². The van der Waals surface area contributed by atoms with Gasteiger partial charge in [0, 0.05) is 12.2 Å². The third kappa shape index (κ3) is 7.21. The van der Waals surface area contributed by atoms with E-state index in [1.165, 1.54) is 12.2 Å². The maximum atomic E-state index is 10.0. The fourth-order valence-corrected chi connectivity index (χ4v) is 1.72. The molecule has 0 radical (unpaired) electrons. The van der Waals surface area contributed by atoms with Gasteiger partial charge in [0.2, 0.25) is 0 Å². The maximum Gasteiger partial charge on any atom is 0.250 e. The zero-order valence-corrected chi connectivity index (χ0v) is 10.5. The molecule has 0 bridgehead atoms. The van der Waals surface area contributed by atoms with Gasteiger partial charge < -0.3 is 0 Å². The lowest BCUT2D eigenvalue weighted by Gasteiger charge is -1.80. The van der Waals surface area contributed by atoms with Crippen LogP contribution in [-0.2, 0) is 9.59 Å². The Labute approximate surface area is 107 Å². The van der Waals surface area contributed by atoms with E-state index < -0.39 is 0 Å². The Morgan fingerprint density at radius 2 is 1.06 bits per heavy atom. The quantitative estimate of drug-likeness (QED) is 0.744. The van der Waals surface area contributed by atoms with Crippen LogP contribution in [0.25, 0.3) is 0 Å². The lowest BCUT2D eigenvalue weighted by molar-refractivity contribution is -0.123. The second kappa shape index (κ2) is 8.43. The molecule has 2 amide bonds. The number of imide groups is 1. The summed E-state index contributed by atoms with van der Waals surface area (Å²) in [7, 11) is 0. The predicted octanol–water partition coefficient (Wildman–Crippen LogP) is 2.70. The Morgan fingerprint density at radius 1 is 0.706 bits per heavy atom. The molecule has 88 valence electrons. The molecular weight excluding hydrogens is 254 g/mol. The second-order valence-corrected chi connectivity index (χ2v) is 4.41. The molecule has 3 rings (SSSR count). The highest BCUT2D eigenvalue weighted by molar-refractivity contribution is 7.08.